The van der Waals surface area contributed by atoms with E-state index >= 15 is 0 Å². The molecular weight excluding hydrogens is 262 g/mol. The van der Waals surface area contributed by atoms with Gasteiger partial charge in [-0.1, -0.05) is 6.92 Å². The predicted molar refractivity (Wildman–Crippen MR) is 73.7 cm³/mol. The van der Waals surface area contributed by atoms with Crippen molar-refractivity contribution in [2.75, 3.05) is 0 Å². The van der Waals surface area contributed by atoms with Crippen LogP contribution < -0.4 is 5.32 Å². The highest BCUT2D eigenvalue weighted by Crippen LogP contribution is 2.25. The number of piperazine rings is 1. The van der Waals surface area contributed by atoms with E-state index in [9.17, 15) is 9.59 Å². The monoisotopic (exact) mass is 281 g/mol. The van der Waals surface area contributed by atoms with E-state index in [4.69, 9.17) is 0 Å². The van der Waals surface area contributed by atoms with Crippen molar-refractivity contribution in [1.82, 2.24) is 15.2 Å². The molecule has 1 aliphatic rings. The smallest absolute Gasteiger partial charge is 0.249 e. The Morgan fingerprint density at radius 2 is 2.21 bits per heavy atom. The minimum absolute atomic E-state index is 0.0186. The van der Waals surface area contributed by atoms with Crippen LogP contribution in [0.1, 0.15) is 37.8 Å². The number of hydrogen-bond acceptors (Lipinski definition) is 4. The Kier molecular flexibility index (Phi) is 3.62. The van der Waals surface area contributed by atoms with Crippen LogP contribution in [0.4, 0.5) is 0 Å². The molecule has 0 aliphatic carbocycles. The third-order valence-corrected chi connectivity index (χ3v) is 4.76. The summed E-state index contributed by atoms with van der Waals surface area (Å²) in [5.41, 5.74) is 1.90. The molecule has 2 rings (SSSR count). The molecule has 2 amide bonds. The van der Waals surface area contributed by atoms with Crippen LogP contribution in [0, 0.1) is 6.92 Å². The van der Waals surface area contributed by atoms with E-state index in [0.29, 0.717) is 13.0 Å². The molecule has 6 heteroatoms. The minimum Gasteiger partial charge on any atom is -0.340 e. The lowest BCUT2D eigenvalue weighted by Gasteiger charge is -2.42. The number of carbonyl (C=O) groups excluding carboxylic acids is 2. The molecule has 0 saturated carbocycles. The van der Waals surface area contributed by atoms with Gasteiger partial charge in [0.1, 0.15) is 11.6 Å². The predicted octanol–water partition coefficient (Wildman–Crippen LogP) is 1.47. The van der Waals surface area contributed by atoms with E-state index in [2.05, 4.69) is 10.3 Å². The van der Waals surface area contributed by atoms with Gasteiger partial charge in [-0.25, -0.2) is 4.98 Å². The molecule has 1 aromatic rings. The fraction of sp³-hybridized carbons (Fsp3) is 0.615. The fourth-order valence-corrected chi connectivity index (χ4v) is 2.92. The van der Waals surface area contributed by atoms with Crippen molar-refractivity contribution < 1.29 is 9.59 Å². The van der Waals surface area contributed by atoms with Gasteiger partial charge in [-0.15, -0.1) is 11.3 Å². The molecule has 5 nitrogen and oxygen atoms in total. The molecule has 1 aromatic heterocycles. The summed E-state index contributed by atoms with van der Waals surface area (Å²) in [7, 11) is 0. The maximum absolute atomic E-state index is 12.6. The van der Waals surface area contributed by atoms with Gasteiger partial charge in [-0.2, -0.15) is 0 Å². The average Bonchev–Trinajstić information content (AvgIpc) is 2.78. The quantitative estimate of drug-likeness (QED) is 0.912. The van der Waals surface area contributed by atoms with Crippen LogP contribution in [0.15, 0.2) is 5.51 Å². The molecule has 1 fully saturated rings. The first-order valence-electron chi connectivity index (χ1n) is 6.41. The molecular formula is C13H19N3O2S. The third kappa shape index (κ3) is 2.36. The number of amides is 2. The van der Waals surface area contributed by atoms with Crippen LogP contribution in [0.3, 0.4) is 0 Å². The van der Waals surface area contributed by atoms with Crippen molar-refractivity contribution in [3.63, 3.8) is 0 Å². The Balaban J connectivity index is 2.28. The summed E-state index contributed by atoms with van der Waals surface area (Å²) in [6.07, 6.45) is 0.586. The van der Waals surface area contributed by atoms with Crippen molar-refractivity contribution in [2.45, 2.75) is 52.2 Å². The molecule has 1 aliphatic heterocycles. The first-order valence-corrected chi connectivity index (χ1v) is 7.29. The van der Waals surface area contributed by atoms with Crippen LogP contribution in [-0.4, -0.2) is 33.3 Å². The lowest BCUT2D eigenvalue weighted by molar-refractivity contribution is -0.154. The Hall–Kier alpha value is -1.43. The van der Waals surface area contributed by atoms with Crippen LogP contribution >= 0.6 is 11.3 Å². The summed E-state index contributed by atoms with van der Waals surface area (Å²) < 4.78 is 0. The first-order chi connectivity index (χ1) is 8.89. The lowest BCUT2D eigenvalue weighted by atomic mass is 9.92. The number of rotatable bonds is 3. The standard InChI is InChI=1S/C13H19N3O2S/c1-5-13(4)12(18)16(9(3)11(17)15-13)6-10-8(2)14-7-19-10/h7,9H,5-6H2,1-4H3,(H,15,17). The topological polar surface area (TPSA) is 62.3 Å². The average molecular weight is 281 g/mol. The van der Waals surface area contributed by atoms with E-state index in [1.54, 1.807) is 24.3 Å². The number of nitrogens with zero attached hydrogens (tertiary/aromatic N) is 2. The zero-order valence-electron chi connectivity index (χ0n) is 11.7. The second-order valence-corrected chi connectivity index (χ2v) is 6.08. The van der Waals surface area contributed by atoms with Crippen molar-refractivity contribution >= 4 is 23.2 Å². The molecule has 2 unspecified atom stereocenters. The zero-order valence-corrected chi connectivity index (χ0v) is 12.5. The molecule has 1 saturated heterocycles. The summed E-state index contributed by atoms with van der Waals surface area (Å²) in [6.45, 7) is 7.83. The van der Waals surface area contributed by atoms with Gasteiger partial charge >= 0.3 is 0 Å². The number of nitrogens with one attached hydrogen (secondary N) is 1. The van der Waals surface area contributed by atoms with Crippen molar-refractivity contribution in [3.05, 3.63) is 16.1 Å². The van der Waals surface area contributed by atoms with E-state index in [1.165, 1.54) is 11.3 Å². The minimum atomic E-state index is -0.789. The molecule has 2 heterocycles. The number of aryl methyl sites for hydroxylation is 1. The normalized spacial score (nSPS) is 27.6. The van der Waals surface area contributed by atoms with E-state index < -0.39 is 11.6 Å². The summed E-state index contributed by atoms with van der Waals surface area (Å²) in [5, 5.41) is 2.82. The second kappa shape index (κ2) is 4.92. The van der Waals surface area contributed by atoms with Crippen molar-refractivity contribution in [3.8, 4) is 0 Å². The van der Waals surface area contributed by atoms with Gasteiger partial charge in [0.15, 0.2) is 0 Å². The van der Waals surface area contributed by atoms with Gasteiger partial charge < -0.3 is 10.2 Å². The maximum Gasteiger partial charge on any atom is 0.249 e. The highest BCUT2D eigenvalue weighted by atomic mass is 32.1. The largest absolute Gasteiger partial charge is 0.340 e. The summed E-state index contributed by atoms with van der Waals surface area (Å²) >= 11 is 1.52. The molecule has 1 N–H and O–H groups in total. The Labute approximate surface area is 117 Å². The Morgan fingerprint density at radius 1 is 1.53 bits per heavy atom. The van der Waals surface area contributed by atoms with Crippen LogP contribution in [-0.2, 0) is 16.1 Å². The third-order valence-electron chi connectivity index (χ3n) is 3.84. The first kappa shape index (κ1) is 14.0. The van der Waals surface area contributed by atoms with Crippen molar-refractivity contribution in [2.24, 2.45) is 0 Å². The number of carbonyl (C=O) groups is 2. The van der Waals surface area contributed by atoms with E-state index in [1.807, 2.05) is 13.8 Å². The number of aromatic nitrogens is 1. The molecule has 0 radical (unpaired) electrons. The maximum atomic E-state index is 12.6. The van der Waals surface area contributed by atoms with Crippen LogP contribution in [0.25, 0.3) is 0 Å². The SMILES string of the molecule is CCC1(C)NC(=O)C(C)N(Cc2scnc2C)C1=O. The fourth-order valence-electron chi connectivity index (χ4n) is 2.15. The summed E-state index contributed by atoms with van der Waals surface area (Å²) in [6, 6.07) is -0.436. The Morgan fingerprint density at radius 3 is 2.74 bits per heavy atom. The van der Waals surface area contributed by atoms with Gasteiger partial charge in [-0.05, 0) is 27.2 Å². The van der Waals surface area contributed by atoms with E-state index in [-0.39, 0.29) is 11.8 Å². The van der Waals surface area contributed by atoms with Gasteiger partial charge in [-0.3, -0.25) is 9.59 Å². The van der Waals surface area contributed by atoms with Gasteiger partial charge in [0.25, 0.3) is 0 Å². The zero-order chi connectivity index (χ0) is 14.2. The van der Waals surface area contributed by atoms with Crippen LogP contribution in [0.2, 0.25) is 0 Å². The summed E-state index contributed by atoms with van der Waals surface area (Å²) in [5.74, 6) is -0.110. The second-order valence-electron chi connectivity index (χ2n) is 5.14. The van der Waals surface area contributed by atoms with Gasteiger partial charge in [0, 0.05) is 4.88 Å². The van der Waals surface area contributed by atoms with E-state index in [0.717, 1.165) is 10.6 Å². The molecule has 2 atom stereocenters. The highest BCUT2D eigenvalue weighted by Gasteiger charge is 2.45. The summed E-state index contributed by atoms with van der Waals surface area (Å²) in [4.78, 5) is 31.5. The Bertz CT molecular complexity index is 514. The van der Waals surface area contributed by atoms with Gasteiger partial charge in [0.2, 0.25) is 11.8 Å². The number of hydrogen-bond donors (Lipinski definition) is 1. The lowest BCUT2D eigenvalue weighted by Crippen LogP contribution is -2.68. The number of thiazole rings is 1. The van der Waals surface area contributed by atoms with Crippen molar-refractivity contribution in [1.29, 1.82) is 0 Å². The molecule has 104 valence electrons. The van der Waals surface area contributed by atoms with Crippen LogP contribution in [0.5, 0.6) is 0 Å². The molecule has 0 bridgehead atoms. The highest BCUT2D eigenvalue weighted by molar-refractivity contribution is 7.09. The molecule has 19 heavy (non-hydrogen) atoms. The molecule has 0 aromatic carbocycles. The molecule has 0 spiro atoms. The van der Waals surface area contributed by atoms with Gasteiger partial charge in [0.05, 0.1) is 17.7 Å².